The zero-order valence-electron chi connectivity index (χ0n) is 18.1. The number of aromatic carboxylic acids is 1. The van der Waals surface area contributed by atoms with Crippen LogP contribution in [0.25, 0.3) is 11.1 Å². The highest BCUT2D eigenvalue weighted by atomic mass is 19.4. The van der Waals surface area contributed by atoms with Gasteiger partial charge in [-0.25, -0.2) is 9.18 Å². The zero-order valence-corrected chi connectivity index (χ0v) is 18.1. The van der Waals surface area contributed by atoms with Crippen molar-refractivity contribution in [2.75, 3.05) is 5.32 Å². The molecule has 0 saturated carbocycles. The number of carboxylic acids is 1. The number of anilines is 1. The molecule has 0 aromatic heterocycles. The predicted molar refractivity (Wildman–Crippen MR) is 114 cm³/mol. The fraction of sp³-hybridized carbons (Fsp3) is 0.167. The molecule has 0 radical (unpaired) electrons. The Morgan fingerprint density at radius 3 is 1.89 bits per heavy atom. The summed E-state index contributed by atoms with van der Waals surface area (Å²) in [5.74, 6) is -3.18. The van der Waals surface area contributed by atoms with Gasteiger partial charge in [0.25, 0.3) is 11.5 Å². The van der Waals surface area contributed by atoms with Crippen LogP contribution in [-0.4, -0.2) is 34.4 Å². The van der Waals surface area contributed by atoms with Crippen molar-refractivity contribution in [3.63, 3.8) is 0 Å². The van der Waals surface area contributed by atoms with Gasteiger partial charge in [-0.15, -0.1) is 0 Å². The van der Waals surface area contributed by atoms with Crippen LogP contribution in [0.5, 0.6) is 0 Å². The van der Waals surface area contributed by atoms with Crippen molar-refractivity contribution in [3.8, 4) is 11.1 Å². The van der Waals surface area contributed by atoms with Gasteiger partial charge in [0.05, 0.1) is 5.56 Å². The van der Waals surface area contributed by atoms with E-state index in [1.54, 1.807) is 0 Å². The minimum atomic E-state index is -6.15. The normalized spacial score (nSPS) is 12.4. The minimum Gasteiger partial charge on any atom is -0.478 e. The van der Waals surface area contributed by atoms with E-state index in [2.05, 4.69) is 5.32 Å². The van der Waals surface area contributed by atoms with Gasteiger partial charge in [0.15, 0.2) is 0 Å². The average molecular weight is 515 g/mol. The van der Waals surface area contributed by atoms with Gasteiger partial charge in [0.2, 0.25) is 0 Å². The maximum atomic E-state index is 14.5. The Hall–Kier alpha value is -3.93. The molecule has 3 N–H and O–H groups in total. The third-order valence-electron chi connectivity index (χ3n) is 5.38. The van der Waals surface area contributed by atoms with Crippen molar-refractivity contribution in [1.82, 2.24) is 0 Å². The van der Waals surface area contributed by atoms with E-state index in [-0.39, 0.29) is 34.0 Å². The zero-order chi connectivity index (χ0) is 27.1. The third-order valence-corrected chi connectivity index (χ3v) is 5.38. The van der Waals surface area contributed by atoms with Crippen molar-refractivity contribution in [3.05, 3.63) is 88.7 Å². The molecule has 0 unspecified atom stereocenters. The number of benzene rings is 3. The first-order chi connectivity index (χ1) is 16.6. The number of hydrogen-bond donors (Lipinski definition) is 3. The lowest BCUT2D eigenvalue weighted by Gasteiger charge is -2.32. The van der Waals surface area contributed by atoms with Crippen LogP contribution in [0.15, 0.2) is 60.7 Å². The summed E-state index contributed by atoms with van der Waals surface area (Å²) >= 11 is 0. The molecule has 190 valence electrons. The number of halogens is 7. The average Bonchev–Trinajstić information content (AvgIpc) is 2.77. The SMILES string of the molecule is Cc1cc(C(=O)Nc2ccc(-c3ccc(C(O)(C(F)(F)F)C(F)(F)F)cc3F)cc2)ccc1C(=O)O. The van der Waals surface area contributed by atoms with E-state index in [9.17, 15) is 45.4 Å². The Balaban J connectivity index is 1.84. The van der Waals surface area contributed by atoms with E-state index in [1.165, 1.54) is 49.4 Å². The fourth-order valence-electron chi connectivity index (χ4n) is 3.44. The molecule has 3 aromatic carbocycles. The second-order valence-corrected chi connectivity index (χ2v) is 7.77. The second kappa shape index (κ2) is 9.26. The molecule has 36 heavy (non-hydrogen) atoms. The fourth-order valence-corrected chi connectivity index (χ4v) is 3.44. The first-order valence-electron chi connectivity index (χ1n) is 9.98. The highest BCUT2D eigenvalue weighted by Crippen LogP contribution is 2.50. The van der Waals surface area contributed by atoms with Crippen molar-refractivity contribution >= 4 is 17.6 Å². The van der Waals surface area contributed by atoms with Crippen LogP contribution in [-0.2, 0) is 5.60 Å². The van der Waals surface area contributed by atoms with Crippen LogP contribution in [0.1, 0.15) is 31.8 Å². The summed E-state index contributed by atoms with van der Waals surface area (Å²) in [5, 5.41) is 21.0. The highest BCUT2D eigenvalue weighted by molar-refractivity contribution is 6.05. The molecule has 0 atom stereocenters. The molecule has 1 amide bonds. The van der Waals surface area contributed by atoms with Crippen LogP contribution in [0, 0.1) is 12.7 Å². The molecular weight excluding hydrogens is 499 g/mol. The number of carboxylic acid groups (broad SMARTS) is 1. The van der Waals surface area contributed by atoms with Crippen LogP contribution in [0.3, 0.4) is 0 Å². The molecular formula is C24H16F7NO4. The smallest absolute Gasteiger partial charge is 0.430 e. The monoisotopic (exact) mass is 515 g/mol. The number of aliphatic hydroxyl groups is 1. The second-order valence-electron chi connectivity index (χ2n) is 7.77. The van der Waals surface area contributed by atoms with Crippen molar-refractivity contribution in [1.29, 1.82) is 0 Å². The summed E-state index contributed by atoms with van der Waals surface area (Å²) in [6.45, 7) is 1.51. The Bertz CT molecular complexity index is 1300. The first-order valence-corrected chi connectivity index (χ1v) is 9.98. The number of carbonyl (C=O) groups is 2. The standard InChI is InChI=1S/C24H16F7NO4/c1-12-10-14(4-8-17(12)21(34)35)20(33)32-16-6-2-13(3-7-16)18-9-5-15(11-19(18)25)22(36,23(26,27)28)24(29,30)31/h2-11,36H,1H3,(H,32,33)(H,34,35). The van der Waals surface area contributed by atoms with Gasteiger partial charge < -0.3 is 15.5 Å². The lowest BCUT2D eigenvalue weighted by Crippen LogP contribution is -2.53. The van der Waals surface area contributed by atoms with Crippen LogP contribution in [0.4, 0.5) is 36.4 Å². The van der Waals surface area contributed by atoms with Crippen molar-refractivity contribution < 1.29 is 50.5 Å². The first kappa shape index (κ1) is 26.7. The highest BCUT2D eigenvalue weighted by Gasteiger charge is 2.71. The molecule has 0 bridgehead atoms. The molecule has 0 saturated heterocycles. The topological polar surface area (TPSA) is 86.6 Å². The molecule has 0 spiro atoms. The predicted octanol–water partition coefficient (Wildman–Crippen LogP) is 6.06. The Morgan fingerprint density at radius 1 is 0.833 bits per heavy atom. The maximum absolute atomic E-state index is 14.5. The Morgan fingerprint density at radius 2 is 1.42 bits per heavy atom. The van der Waals surface area contributed by atoms with E-state index in [1.807, 2.05) is 0 Å². The molecule has 0 fully saturated rings. The minimum absolute atomic E-state index is 0.0212. The quantitative estimate of drug-likeness (QED) is 0.361. The molecule has 5 nitrogen and oxygen atoms in total. The van der Waals surface area contributed by atoms with Crippen LogP contribution < -0.4 is 5.32 Å². The van der Waals surface area contributed by atoms with E-state index in [4.69, 9.17) is 5.11 Å². The Labute approximate surface area is 198 Å². The van der Waals surface area contributed by atoms with Gasteiger partial charge in [-0.2, -0.15) is 26.3 Å². The number of alkyl halides is 6. The summed E-state index contributed by atoms with van der Waals surface area (Å²) in [5.41, 5.74) is -6.50. The van der Waals surface area contributed by atoms with Crippen LogP contribution in [0.2, 0.25) is 0 Å². The van der Waals surface area contributed by atoms with Crippen molar-refractivity contribution in [2.24, 2.45) is 0 Å². The largest absolute Gasteiger partial charge is 0.478 e. The number of aryl methyl sites for hydroxylation is 1. The van der Waals surface area contributed by atoms with Gasteiger partial charge in [0.1, 0.15) is 5.82 Å². The molecule has 3 rings (SSSR count). The number of carbonyl (C=O) groups excluding carboxylic acids is 1. The lowest BCUT2D eigenvalue weighted by atomic mass is 9.90. The maximum Gasteiger partial charge on any atom is 0.430 e. The summed E-state index contributed by atoms with van der Waals surface area (Å²) in [7, 11) is 0. The molecule has 0 aliphatic carbocycles. The van der Waals surface area contributed by atoms with E-state index < -0.39 is 41.2 Å². The number of amides is 1. The van der Waals surface area contributed by atoms with E-state index >= 15 is 0 Å². The molecule has 0 heterocycles. The molecule has 12 heteroatoms. The van der Waals surface area contributed by atoms with Gasteiger partial charge in [-0.05, 0) is 54.4 Å². The van der Waals surface area contributed by atoms with Crippen LogP contribution >= 0.6 is 0 Å². The van der Waals surface area contributed by atoms with Gasteiger partial charge in [-0.3, -0.25) is 4.79 Å². The number of nitrogens with one attached hydrogen (secondary N) is 1. The number of rotatable bonds is 5. The van der Waals surface area contributed by atoms with Gasteiger partial charge in [0, 0.05) is 22.4 Å². The molecule has 3 aromatic rings. The molecule has 0 aliphatic heterocycles. The van der Waals surface area contributed by atoms with Crippen molar-refractivity contribution in [2.45, 2.75) is 24.9 Å². The Kier molecular flexibility index (Phi) is 6.86. The summed E-state index contributed by atoms with van der Waals surface area (Å²) in [6.07, 6.45) is -12.3. The van der Waals surface area contributed by atoms with E-state index in [0.29, 0.717) is 17.7 Å². The van der Waals surface area contributed by atoms with Gasteiger partial charge in [-0.1, -0.05) is 24.3 Å². The lowest BCUT2D eigenvalue weighted by molar-refractivity contribution is -0.376. The summed E-state index contributed by atoms with van der Waals surface area (Å²) in [4.78, 5) is 23.5. The molecule has 0 aliphatic rings. The summed E-state index contributed by atoms with van der Waals surface area (Å²) < 4.78 is 92.8. The number of hydrogen-bond acceptors (Lipinski definition) is 3. The summed E-state index contributed by atoms with van der Waals surface area (Å²) in [6, 6.07) is 10.1. The van der Waals surface area contributed by atoms with Gasteiger partial charge >= 0.3 is 18.3 Å². The third kappa shape index (κ3) is 4.89. The van der Waals surface area contributed by atoms with E-state index in [0.717, 1.165) is 0 Å².